The molecule has 2 aromatic carbocycles. The first-order valence-electron chi connectivity index (χ1n) is 4.89. The van der Waals surface area contributed by atoms with E-state index in [4.69, 9.17) is 4.74 Å². The van der Waals surface area contributed by atoms with Crippen molar-refractivity contribution < 1.29 is 4.74 Å². The lowest BCUT2D eigenvalue weighted by atomic mass is 10.2. The van der Waals surface area contributed by atoms with Gasteiger partial charge in [-0.05, 0) is 5.56 Å². The summed E-state index contributed by atoms with van der Waals surface area (Å²) >= 11 is 0. The number of benzene rings is 1. The van der Waals surface area contributed by atoms with Crippen LogP contribution in [0, 0.1) is 0 Å². The maximum atomic E-state index is 11.2. The van der Waals surface area contributed by atoms with Crippen molar-refractivity contribution in [3.8, 4) is 5.75 Å². The number of methoxy groups -OCH3 is 1. The zero-order valence-corrected chi connectivity index (χ0v) is 8.82. The van der Waals surface area contributed by atoms with Gasteiger partial charge in [0.15, 0.2) is 5.75 Å². The van der Waals surface area contributed by atoms with Crippen LogP contribution in [0.25, 0.3) is 0 Å². The molecule has 2 rings (SSSR count). The van der Waals surface area contributed by atoms with Crippen molar-refractivity contribution >= 4 is 5.69 Å². The van der Waals surface area contributed by atoms with E-state index in [1.807, 2.05) is 30.3 Å². The van der Waals surface area contributed by atoms with E-state index in [1.54, 1.807) is 0 Å². The molecule has 0 aliphatic heterocycles. The van der Waals surface area contributed by atoms with Gasteiger partial charge >= 0.3 is 0 Å². The summed E-state index contributed by atoms with van der Waals surface area (Å²) in [5, 5.41) is 2.90. The first kappa shape index (κ1) is 10.4. The molecule has 4 heteroatoms. The fourth-order valence-corrected chi connectivity index (χ4v) is 1.51. The first-order valence-corrected chi connectivity index (χ1v) is 4.89. The molecular formula is C12H11NO3. The fraction of sp³-hybridized carbons (Fsp3) is 0.167. The Morgan fingerprint density at radius 3 is 2.44 bits per heavy atom. The Hall–Kier alpha value is -2.10. The van der Waals surface area contributed by atoms with Crippen molar-refractivity contribution in [3.05, 3.63) is 56.3 Å². The number of ether oxygens (including phenoxy) is 1. The molecule has 0 saturated heterocycles. The van der Waals surface area contributed by atoms with Crippen LogP contribution >= 0.6 is 0 Å². The monoisotopic (exact) mass is 217 g/mol. The smallest absolute Gasteiger partial charge is 0.271 e. The number of hydrogen-bond acceptors (Lipinski definition) is 4. The van der Waals surface area contributed by atoms with Crippen LogP contribution in [0.15, 0.2) is 39.9 Å². The van der Waals surface area contributed by atoms with Gasteiger partial charge < -0.3 is 10.1 Å². The van der Waals surface area contributed by atoms with Crippen LogP contribution in [0.2, 0.25) is 0 Å². The lowest BCUT2D eigenvalue weighted by molar-refractivity contribution is 0.407. The lowest BCUT2D eigenvalue weighted by Gasteiger charge is -2.11. The standard InChI is InChI=1S/C12H11NO3/c1-16-12-9(10(14)11(12)15)13-7-8-5-3-2-4-6-8/h2-6,13H,7H2,1H3. The molecule has 82 valence electrons. The first-order chi connectivity index (χ1) is 7.74. The largest absolute Gasteiger partial charge is 0.491 e. The maximum absolute atomic E-state index is 11.2. The highest BCUT2D eigenvalue weighted by atomic mass is 16.5. The van der Waals surface area contributed by atoms with E-state index in [0.717, 1.165) is 5.56 Å². The minimum absolute atomic E-state index is 0.126. The van der Waals surface area contributed by atoms with E-state index >= 15 is 0 Å². The lowest BCUT2D eigenvalue weighted by Crippen LogP contribution is -2.35. The molecule has 0 radical (unpaired) electrons. The van der Waals surface area contributed by atoms with Crippen LogP contribution in [0.5, 0.6) is 5.75 Å². The van der Waals surface area contributed by atoms with Crippen molar-refractivity contribution in [1.82, 2.24) is 0 Å². The molecule has 0 spiro atoms. The van der Waals surface area contributed by atoms with E-state index in [-0.39, 0.29) is 11.4 Å². The van der Waals surface area contributed by atoms with Gasteiger partial charge in [0.2, 0.25) is 0 Å². The van der Waals surface area contributed by atoms with Crippen molar-refractivity contribution in [3.63, 3.8) is 0 Å². The Labute approximate surface area is 92.2 Å². The molecule has 0 amide bonds. The Balaban J connectivity index is 2.09. The molecule has 0 atom stereocenters. The number of anilines is 1. The van der Waals surface area contributed by atoms with Gasteiger partial charge in [0.25, 0.3) is 10.9 Å². The third-order valence-corrected chi connectivity index (χ3v) is 2.38. The molecule has 0 aromatic heterocycles. The zero-order chi connectivity index (χ0) is 11.5. The molecule has 16 heavy (non-hydrogen) atoms. The van der Waals surface area contributed by atoms with Crippen molar-refractivity contribution in [2.45, 2.75) is 6.54 Å². The zero-order valence-electron chi connectivity index (χ0n) is 8.82. The summed E-state index contributed by atoms with van der Waals surface area (Å²) in [6.07, 6.45) is 0. The van der Waals surface area contributed by atoms with Gasteiger partial charge in [0, 0.05) is 6.54 Å². The predicted octanol–water partition coefficient (Wildman–Crippen LogP) is 0.903. The second kappa shape index (κ2) is 4.18. The van der Waals surface area contributed by atoms with Crippen molar-refractivity contribution in [2.75, 3.05) is 12.4 Å². The predicted molar refractivity (Wildman–Crippen MR) is 61.7 cm³/mol. The fourth-order valence-electron chi connectivity index (χ4n) is 1.51. The van der Waals surface area contributed by atoms with Crippen LogP contribution in [-0.4, -0.2) is 7.11 Å². The Morgan fingerprint density at radius 2 is 1.81 bits per heavy atom. The molecule has 0 bridgehead atoms. The average molecular weight is 217 g/mol. The highest BCUT2D eigenvalue weighted by molar-refractivity contribution is 5.61. The van der Waals surface area contributed by atoms with Gasteiger partial charge in [-0.3, -0.25) is 9.59 Å². The van der Waals surface area contributed by atoms with Crippen LogP contribution in [0.3, 0.4) is 0 Å². The van der Waals surface area contributed by atoms with Gasteiger partial charge in [-0.25, -0.2) is 0 Å². The number of rotatable bonds is 4. The van der Waals surface area contributed by atoms with Crippen LogP contribution in [0.4, 0.5) is 5.69 Å². The molecule has 0 fully saturated rings. The van der Waals surface area contributed by atoms with Crippen LogP contribution < -0.4 is 20.9 Å². The minimum atomic E-state index is -0.557. The van der Waals surface area contributed by atoms with Crippen molar-refractivity contribution in [2.24, 2.45) is 0 Å². The van der Waals surface area contributed by atoms with Crippen molar-refractivity contribution in [1.29, 1.82) is 0 Å². The minimum Gasteiger partial charge on any atom is -0.491 e. The van der Waals surface area contributed by atoms with Crippen LogP contribution in [0.1, 0.15) is 5.56 Å². The molecule has 0 aliphatic rings. The van der Waals surface area contributed by atoms with Gasteiger partial charge in [0.05, 0.1) is 7.11 Å². The summed E-state index contributed by atoms with van der Waals surface area (Å²) < 4.78 is 4.82. The van der Waals surface area contributed by atoms with E-state index in [1.165, 1.54) is 7.11 Å². The third kappa shape index (κ3) is 1.69. The molecular weight excluding hydrogens is 206 g/mol. The van der Waals surface area contributed by atoms with Gasteiger partial charge in [-0.2, -0.15) is 0 Å². The van der Waals surface area contributed by atoms with Gasteiger partial charge in [0.1, 0.15) is 5.69 Å². The highest BCUT2D eigenvalue weighted by Crippen LogP contribution is 2.17. The number of nitrogens with one attached hydrogen (secondary N) is 1. The topological polar surface area (TPSA) is 55.4 Å². The summed E-state index contributed by atoms with van der Waals surface area (Å²) in [5.74, 6) is 0.126. The Morgan fingerprint density at radius 1 is 1.12 bits per heavy atom. The van der Waals surface area contributed by atoms with Gasteiger partial charge in [-0.15, -0.1) is 0 Å². The van der Waals surface area contributed by atoms with E-state index in [0.29, 0.717) is 6.54 Å². The van der Waals surface area contributed by atoms with Gasteiger partial charge in [-0.1, -0.05) is 30.3 Å². The molecule has 4 nitrogen and oxygen atoms in total. The summed E-state index contributed by atoms with van der Waals surface area (Å²) in [5.41, 5.74) is 0.250. The molecule has 1 N–H and O–H groups in total. The second-order valence-corrected chi connectivity index (χ2v) is 3.41. The summed E-state index contributed by atoms with van der Waals surface area (Å²) in [4.78, 5) is 22.2. The summed E-state index contributed by atoms with van der Waals surface area (Å²) in [6, 6.07) is 9.62. The molecule has 2 aromatic rings. The second-order valence-electron chi connectivity index (χ2n) is 3.41. The molecule has 0 aliphatic carbocycles. The normalized spacial score (nSPS) is 10.3. The van der Waals surface area contributed by atoms with E-state index in [2.05, 4.69) is 5.32 Å². The Kier molecular flexibility index (Phi) is 2.72. The third-order valence-electron chi connectivity index (χ3n) is 2.38. The Bertz CT molecular complexity index is 553. The number of hydrogen-bond donors (Lipinski definition) is 1. The quantitative estimate of drug-likeness (QED) is 0.773. The molecule has 0 heterocycles. The SMILES string of the molecule is COc1c(NCc2ccccc2)c(=O)c1=O. The average Bonchev–Trinajstić information content (AvgIpc) is 2.34. The van der Waals surface area contributed by atoms with Crippen LogP contribution in [-0.2, 0) is 6.54 Å². The molecule has 0 saturated carbocycles. The molecule has 0 unspecified atom stereocenters. The summed E-state index contributed by atoms with van der Waals surface area (Å²) in [7, 11) is 1.38. The van der Waals surface area contributed by atoms with E-state index in [9.17, 15) is 9.59 Å². The highest BCUT2D eigenvalue weighted by Gasteiger charge is 2.20. The maximum Gasteiger partial charge on any atom is 0.271 e. The van der Waals surface area contributed by atoms with E-state index < -0.39 is 10.9 Å². The summed E-state index contributed by atoms with van der Waals surface area (Å²) in [6.45, 7) is 0.502.